The van der Waals surface area contributed by atoms with Gasteiger partial charge in [-0.1, -0.05) is 42.1 Å². The molecule has 148 valence electrons. The molecule has 0 bridgehead atoms. The van der Waals surface area contributed by atoms with Gasteiger partial charge in [0.1, 0.15) is 5.75 Å². The van der Waals surface area contributed by atoms with Crippen LogP contribution in [-0.4, -0.2) is 47.3 Å². The number of thioether (sulfide) groups is 1. The zero-order valence-electron chi connectivity index (χ0n) is 16.2. The van der Waals surface area contributed by atoms with Crippen molar-refractivity contribution < 1.29 is 14.3 Å². The molecule has 1 aliphatic heterocycles. The van der Waals surface area contributed by atoms with E-state index >= 15 is 0 Å². The van der Waals surface area contributed by atoms with Gasteiger partial charge in [0.05, 0.1) is 22.9 Å². The van der Waals surface area contributed by atoms with Crippen molar-refractivity contribution in [3.63, 3.8) is 0 Å². The lowest BCUT2D eigenvalue weighted by Gasteiger charge is -2.18. The number of pyridine rings is 1. The van der Waals surface area contributed by atoms with Gasteiger partial charge in [0.2, 0.25) is 5.91 Å². The monoisotopic (exact) mass is 407 g/mol. The van der Waals surface area contributed by atoms with E-state index in [1.165, 1.54) is 16.7 Å². The van der Waals surface area contributed by atoms with Crippen LogP contribution < -0.4 is 10.1 Å². The quantitative estimate of drug-likeness (QED) is 0.649. The van der Waals surface area contributed by atoms with E-state index in [4.69, 9.17) is 9.72 Å². The molecule has 0 radical (unpaired) electrons. The van der Waals surface area contributed by atoms with Crippen LogP contribution in [0, 0.1) is 0 Å². The van der Waals surface area contributed by atoms with Gasteiger partial charge in [-0.05, 0) is 36.2 Å². The third-order valence-corrected chi connectivity index (χ3v) is 5.85. The minimum absolute atomic E-state index is 0.209. The highest BCUT2D eigenvalue weighted by Gasteiger charge is 2.30. The van der Waals surface area contributed by atoms with Crippen molar-refractivity contribution in [2.75, 3.05) is 20.2 Å². The molecule has 1 aromatic heterocycles. The Hall–Kier alpha value is -3.06. The molecule has 7 heteroatoms. The maximum Gasteiger partial charge on any atom is 0.324 e. The molecule has 29 heavy (non-hydrogen) atoms. The second-order valence-electron chi connectivity index (χ2n) is 6.74. The number of methoxy groups -OCH3 is 1. The Labute approximate surface area is 173 Å². The second-order valence-corrected chi connectivity index (χ2v) is 8.10. The number of nitrogens with one attached hydrogen (secondary N) is 1. The van der Waals surface area contributed by atoms with E-state index in [-0.39, 0.29) is 11.9 Å². The average molecular weight is 407 g/mol. The van der Waals surface area contributed by atoms with Gasteiger partial charge in [0.15, 0.2) is 0 Å². The molecule has 1 saturated heterocycles. The van der Waals surface area contributed by atoms with Gasteiger partial charge in [0.25, 0.3) is 0 Å². The Morgan fingerprint density at radius 2 is 2.00 bits per heavy atom. The topological polar surface area (TPSA) is 71.5 Å². The summed E-state index contributed by atoms with van der Waals surface area (Å²) < 4.78 is 5.35. The molecule has 0 aliphatic carbocycles. The Morgan fingerprint density at radius 3 is 2.69 bits per heavy atom. The fourth-order valence-electron chi connectivity index (χ4n) is 3.36. The fourth-order valence-corrected chi connectivity index (χ4v) is 4.29. The van der Waals surface area contributed by atoms with Gasteiger partial charge in [-0.15, -0.1) is 0 Å². The van der Waals surface area contributed by atoms with Gasteiger partial charge in [-0.3, -0.25) is 9.69 Å². The summed E-state index contributed by atoms with van der Waals surface area (Å²) in [7, 11) is 1.62. The number of rotatable bonds is 5. The van der Waals surface area contributed by atoms with Gasteiger partial charge in [-0.25, -0.2) is 9.78 Å². The highest BCUT2D eigenvalue weighted by molar-refractivity contribution is 8.00. The van der Waals surface area contributed by atoms with Gasteiger partial charge >= 0.3 is 6.03 Å². The third-order valence-electron chi connectivity index (χ3n) is 4.85. The minimum Gasteiger partial charge on any atom is -0.497 e. The van der Waals surface area contributed by atoms with Crippen LogP contribution in [0.2, 0.25) is 0 Å². The zero-order valence-corrected chi connectivity index (χ0v) is 17.0. The SMILES string of the molecule is COc1ccc2c(-c3ccccc3)cc(S[C@@H](C)C(=O)N3CCNC3=O)nc2c1. The molecular weight excluding hydrogens is 386 g/mol. The summed E-state index contributed by atoms with van der Waals surface area (Å²) in [5, 5.41) is 3.97. The number of benzene rings is 2. The maximum atomic E-state index is 12.7. The number of imide groups is 1. The number of carbonyl (C=O) groups excluding carboxylic acids is 2. The van der Waals surface area contributed by atoms with Crippen molar-refractivity contribution in [3.8, 4) is 16.9 Å². The second kappa shape index (κ2) is 8.13. The summed E-state index contributed by atoms with van der Waals surface area (Å²) in [5.74, 6) is 0.517. The lowest BCUT2D eigenvalue weighted by atomic mass is 10.0. The number of amides is 3. The Kier molecular flexibility index (Phi) is 5.40. The molecule has 1 fully saturated rings. The van der Waals surface area contributed by atoms with Gasteiger partial charge in [-0.2, -0.15) is 0 Å². The standard InChI is InChI=1S/C22H21N3O3S/c1-14(21(26)25-11-10-23-22(25)27)29-20-13-18(15-6-4-3-5-7-15)17-9-8-16(28-2)12-19(17)24-20/h3-9,12-14H,10-11H2,1-2H3,(H,23,27)/t14-/m0/s1. The van der Waals surface area contributed by atoms with E-state index in [9.17, 15) is 9.59 Å². The largest absolute Gasteiger partial charge is 0.497 e. The first-order valence-corrected chi connectivity index (χ1v) is 10.2. The smallest absolute Gasteiger partial charge is 0.324 e. The van der Waals surface area contributed by atoms with Crippen LogP contribution in [0.15, 0.2) is 59.6 Å². The van der Waals surface area contributed by atoms with Gasteiger partial charge < -0.3 is 10.1 Å². The number of ether oxygens (including phenoxy) is 1. The molecule has 6 nitrogen and oxygen atoms in total. The maximum absolute atomic E-state index is 12.7. The van der Waals surface area contributed by atoms with Crippen LogP contribution in [-0.2, 0) is 4.79 Å². The van der Waals surface area contributed by atoms with E-state index in [0.29, 0.717) is 13.1 Å². The lowest BCUT2D eigenvalue weighted by molar-refractivity contribution is -0.126. The molecule has 0 saturated carbocycles. The highest BCUT2D eigenvalue weighted by Crippen LogP contribution is 2.34. The number of nitrogens with zero attached hydrogens (tertiary/aromatic N) is 2. The summed E-state index contributed by atoms with van der Waals surface area (Å²) in [6.07, 6.45) is 0. The van der Waals surface area contributed by atoms with Crippen molar-refractivity contribution in [3.05, 3.63) is 54.6 Å². The van der Waals surface area contributed by atoms with Crippen molar-refractivity contribution in [2.24, 2.45) is 0 Å². The molecule has 3 aromatic rings. The summed E-state index contributed by atoms with van der Waals surface area (Å²) in [6, 6.07) is 17.6. The first-order valence-electron chi connectivity index (χ1n) is 9.37. The molecule has 2 heterocycles. The Balaban J connectivity index is 1.72. The molecule has 0 unspecified atom stereocenters. The number of hydrogen-bond donors (Lipinski definition) is 1. The first-order chi connectivity index (χ1) is 14.1. The van der Waals surface area contributed by atoms with E-state index in [0.717, 1.165) is 32.8 Å². The van der Waals surface area contributed by atoms with Crippen LogP contribution in [0.1, 0.15) is 6.92 Å². The van der Waals surface area contributed by atoms with E-state index in [1.807, 2.05) is 42.5 Å². The van der Waals surface area contributed by atoms with Crippen molar-refractivity contribution >= 4 is 34.6 Å². The summed E-state index contributed by atoms with van der Waals surface area (Å²) >= 11 is 1.35. The molecule has 2 aromatic carbocycles. The van der Waals surface area contributed by atoms with Crippen LogP contribution in [0.25, 0.3) is 22.0 Å². The Morgan fingerprint density at radius 1 is 1.21 bits per heavy atom. The van der Waals surface area contributed by atoms with Gasteiger partial charge in [0, 0.05) is 24.5 Å². The van der Waals surface area contributed by atoms with E-state index in [2.05, 4.69) is 17.4 Å². The lowest BCUT2D eigenvalue weighted by Crippen LogP contribution is -2.38. The minimum atomic E-state index is -0.432. The average Bonchev–Trinajstić information content (AvgIpc) is 3.18. The molecular formula is C22H21N3O3S. The number of carbonyl (C=O) groups is 2. The summed E-state index contributed by atoms with van der Waals surface area (Å²) in [4.78, 5) is 30.5. The number of fused-ring (bicyclic) bond motifs is 1. The van der Waals surface area contributed by atoms with Crippen LogP contribution in [0.4, 0.5) is 4.79 Å². The molecule has 4 rings (SSSR count). The van der Waals surface area contributed by atoms with Crippen LogP contribution in [0.3, 0.4) is 0 Å². The molecule has 1 aliphatic rings. The molecule has 3 amide bonds. The first kappa shape index (κ1) is 19.3. The van der Waals surface area contributed by atoms with Crippen molar-refractivity contribution in [1.82, 2.24) is 15.2 Å². The number of aromatic nitrogens is 1. The van der Waals surface area contributed by atoms with E-state index in [1.54, 1.807) is 14.0 Å². The van der Waals surface area contributed by atoms with Crippen molar-refractivity contribution in [1.29, 1.82) is 0 Å². The molecule has 1 atom stereocenters. The van der Waals surface area contributed by atoms with Crippen LogP contribution in [0.5, 0.6) is 5.75 Å². The predicted octanol–water partition coefficient (Wildman–Crippen LogP) is 3.94. The Bertz CT molecular complexity index is 1070. The van der Waals surface area contributed by atoms with E-state index < -0.39 is 5.25 Å². The summed E-state index contributed by atoms with van der Waals surface area (Å²) in [5.41, 5.74) is 2.91. The number of urea groups is 1. The van der Waals surface area contributed by atoms with Crippen LogP contribution >= 0.6 is 11.8 Å². The highest BCUT2D eigenvalue weighted by atomic mass is 32.2. The summed E-state index contributed by atoms with van der Waals surface area (Å²) in [6.45, 7) is 2.70. The zero-order chi connectivity index (χ0) is 20.4. The number of hydrogen-bond acceptors (Lipinski definition) is 5. The normalized spacial score (nSPS) is 14.7. The molecule has 0 spiro atoms. The van der Waals surface area contributed by atoms with Crippen molar-refractivity contribution in [2.45, 2.75) is 17.2 Å². The third kappa shape index (κ3) is 3.91. The fraction of sp³-hybridized carbons (Fsp3) is 0.227. The molecule has 1 N–H and O–H groups in total. The predicted molar refractivity (Wildman–Crippen MR) is 114 cm³/mol.